The quantitative estimate of drug-likeness (QED) is 0.274. The highest BCUT2D eigenvalue weighted by Gasteiger charge is 2.35. The van der Waals surface area contributed by atoms with Crippen LogP contribution in [0.1, 0.15) is 34.6 Å². The van der Waals surface area contributed by atoms with Gasteiger partial charge in [0.1, 0.15) is 17.7 Å². The van der Waals surface area contributed by atoms with Gasteiger partial charge >= 0.3 is 0 Å². The van der Waals surface area contributed by atoms with Crippen molar-refractivity contribution < 1.29 is 14.7 Å². The zero-order valence-corrected chi connectivity index (χ0v) is 23.8. The van der Waals surface area contributed by atoms with Gasteiger partial charge in [-0.25, -0.2) is 15.0 Å². The number of nitrogens with zero attached hydrogens (tertiary/aromatic N) is 7. The average molecular weight is 576 g/mol. The van der Waals surface area contributed by atoms with E-state index in [-0.39, 0.29) is 19.1 Å². The molecule has 1 aromatic carbocycles. The van der Waals surface area contributed by atoms with Gasteiger partial charge in [-0.3, -0.25) is 14.3 Å². The van der Waals surface area contributed by atoms with E-state index in [0.29, 0.717) is 45.1 Å². The summed E-state index contributed by atoms with van der Waals surface area (Å²) >= 11 is 6.44. The van der Waals surface area contributed by atoms with E-state index in [0.717, 1.165) is 5.56 Å². The third kappa shape index (κ3) is 5.70. The van der Waals surface area contributed by atoms with Crippen molar-refractivity contribution in [1.29, 1.82) is 0 Å². The summed E-state index contributed by atoms with van der Waals surface area (Å²) in [5, 5.41) is 20.4. The standard InChI is InChI=1S/C28H30ClN9O3/c1-16(26(40)33-22(15-39)21-6-5-7-23(32-21)36(2)3)38-14-18-9-8-17(12-19(18)27(38)41)25-20(29)13-30-28(35-25)34-24-10-11-31-37(24)4/h5-13,16,22,39H,14-15H2,1-4H3,(H,33,40)(H,30,34,35)/t16-,22-/m1/s1. The summed E-state index contributed by atoms with van der Waals surface area (Å²) in [7, 11) is 5.52. The highest BCUT2D eigenvalue weighted by molar-refractivity contribution is 6.33. The normalized spacial score (nSPS) is 14.0. The predicted molar refractivity (Wildman–Crippen MR) is 155 cm³/mol. The van der Waals surface area contributed by atoms with Crippen LogP contribution in [0, 0.1) is 0 Å². The van der Waals surface area contributed by atoms with E-state index in [1.54, 1.807) is 43.0 Å². The lowest BCUT2D eigenvalue weighted by Crippen LogP contribution is -2.47. The number of fused-ring (bicyclic) bond motifs is 1. The number of aromatic nitrogens is 5. The Morgan fingerprint density at radius 2 is 2.00 bits per heavy atom. The number of rotatable bonds is 9. The van der Waals surface area contributed by atoms with Gasteiger partial charge < -0.3 is 25.5 Å². The van der Waals surface area contributed by atoms with E-state index in [9.17, 15) is 14.7 Å². The molecule has 0 aliphatic carbocycles. The third-order valence-corrected chi connectivity index (χ3v) is 7.21. The van der Waals surface area contributed by atoms with Gasteiger partial charge in [-0.1, -0.05) is 29.8 Å². The Morgan fingerprint density at radius 3 is 2.71 bits per heavy atom. The molecule has 12 nitrogen and oxygen atoms in total. The number of nitrogens with one attached hydrogen (secondary N) is 2. The molecule has 2 atom stereocenters. The average Bonchev–Trinajstić information content (AvgIpc) is 3.53. The number of aliphatic hydroxyl groups excluding tert-OH is 1. The SMILES string of the molecule is C[C@H](C(=O)N[C@H](CO)c1cccc(N(C)C)n1)N1Cc2ccc(-c3nc(Nc4ccnn4C)ncc3Cl)cc2C1=O. The molecule has 3 aromatic heterocycles. The number of pyridine rings is 1. The first-order valence-corrected chi connectivity index (χ1v) is 13.3. The first-order valence-electron chi connectivity index (χ1n) is 12.9. The Labute approximate surface area is 242 Å². The largest absolute Gasteiger partial charge is 0.394 e. The molecule has 0 unspecified atom stereocenters. The second kappa shape index (κ2) is 11.5. The van der Waals surface area contributed by atoms with Crippen LogP contribution in [0.3, 0.4) is 0 Å². The van der Waals surface area contributed by atoms with E-state index in [1.165, 1.54) is 11.1 Å². The Hall–Kier alpha value is -4.55. The minimum atomic E-state index is -0.790. The number of aliphatic hydroxyl groups is 1. The molecule has 1 aliphatic heterocycles. The van der Waals surface area contributed by atoms with Crippen LogP contribution in [0.2, 0.25) is 5.02 Å². The lowest BCUT2D eigenvalue weighted by molar-refractivity contribution is -0.126. The van der Waals surface area contributed by atoms with Gasteiger partial charge in [0.2, 0.25) is 11.9 Å². The van der Waals surface area contributed by atoms with Crippen LogP contribution < -0.4 is 15.5 Å². The van der Waals surface area contributed by atoms with Crippen molar-refractivity contribution in [2.24, 2.45) is 7.05 Å². The molecule has 1 aliphatic rings. The molecular formula is C28H30ClN9O3. The van der Waals surface area contributed by atoms with Crippen molar-refractivity contribution in [2.75, 3.05) is 30.9 Å². The fraction of sp³-hybridized carbons (Fsp3) is 0.286. The smallest absolute Gasteiger partial charge is 0.255 e. The minimum Gasteiger partial charge on any atom is -0.394 e. The topological polar surface area (TPSA) is 141 Å². The van der Waals surface area contributed by atoms with Crippen molar-refractivity contribution in [3.05, 3.63) is 76.7 Å². The zero-order chi connectivity index (χ0) is 29.3. The van der Waals surface area contributed by atoms with E-state index < -0.39 is 18.0 Å². The second-order valence-electron chi connectivity index (χ2n) is 9.89. The number of carbonyl (C=O) groups is 2. The van der Waals surface area contributed by atoms with Gasteiger partial charge in [-0.15, -0.1) is 0 Å². The number of amides is 2. The van der Waals surface area contributed by atoms with E-state index in [2.05, 4.69) is 30.7 Å². The zero-order valence-electron chi connectivity index (χ0n) is 23.0. The lowest BCUT2D eigenvalue weighted by atomic mass is 10.0. The van der Waals surface area contributed by atoms with Gasteiger partial charge in [0, 0.05) is 44.9 Å². The molecule has 5 rings (SSSR count). The molecule has 0 bridgehead atoms. The number of hydrogen-bond acceptors (Lipinski definition) is 9. The summed E-state index contributed by atoms with van der Waals surface area (Å²) in [5.41, 5.74) is 2.89. The summed E-state index contributed by atoms with van der Waals surface area (Å²) in [5.74, 6) is 1.06. The Balaban J connectivity index is 1.33. The summed E-state index contributed by atoms with van der Waals surface area (Å²) < 4.78 is 1.65. The highest BCUT2D eigenvalue weighted by Crippen LogP contribution is 2.32. The lowest BCUT2D eigenvalue weighted by Gasteiger charge is -2.26. The fourth-order valence-electron chi connectivity index (χ4n) is 4.55. The van der Waals surface area contributed by atoms with Crippen molar-refractivity contribution in [3.8, 4) is 11.3 Å². The maximum atomic E-state index is 13.5. The molecule has 0 fully saturated rings. The number of carbonyl (C=O) groups excluding carboxylic acids is 2. The third-order valence-electron chi connectivity index (χ3n) is 6.94. The van der Waals surface area contributed by atoms with Crippen molar-refractivity contribution >= 4 is 41.0 Å². The van der Waals surface area contributed by atoms with Gasteiger partial charge in [0.05, 0.1) is 41.5 Å². The molecule has 41 heavy (non-hydrogen) atoms. The van der Waals surface area contributed by atoms with E-state index in [4.69, 9.17) is 11.6 Å². The number of benzene rings is 1. The number of hydrogen-bond donors (Lipinski definition) is 3. The van der Waals surface area contributed by atoms with E-state index in [1.807, 2.05) is 43.3 Å². The molecule has 3 N–H and O–H groups in total. The molecule has 4 heterocycles. The summed E-state index contributed by atoms with van der Waals surface area (Å²) in [4.78, 5) is 43.3. The first-order chi connectivity index (χ1) is 19.7. The van der Waals surface area contributed by atoms with Crippen LogP contribution >= 0.6 is 11.6 Å². The van der Waals surface area contributed by atoms with Crippen molar-refractivity contribution in [3.63, 3.8) is 0 Å². The van der Waals surface area contributed by atoms with Gasteiger partial charge in [-0.05, 0) is 30.7 Å². The molecule has 13 heteroatoms. The maximum Gasteiger partial charge on any atom is 0.255 e. The molecule has 4 aromatic rings. The van der Waals surface area contributed by atoms with Crippen molar-refractivity contribution in [2.45, 2.75) is 25.6 Å². The molecule has 0 radical (unpaired) electrons. The highest BCUT2D eigenvalue weighted by atomic mass is 35.5. The number of aryl methyl sites for hydroxylation is 1. The van der Waals surface area contributed by atoms with Crippen molar-refractivity contribution in [1.82, 2.24) is 34.9 Å². The molecule has 0 saturated carbocycles. The summed E-state index contributed by atoms with van der Waals surface area (Å²) in [6.07, 6.45) is 3.15. The minimum absolute atomic E-state index is 0.270. The van der Waals surface area contributed by atoms with Gasteiger partial charge in [0.15, 0.2) is 0 Å². The first kappa shape index (κ1) is 28.0. The molecule has 2 amide bonds. The summed E-state index contributed by atoms with van der Waals surface area (Å²) in [6.45, 7) is 1.60. The Bertz CT molecular complexity index is 1610. The predicted octanol–water partition coefficient (Wildman–Crippen LogP) is 2.93. The van der Waals surface area contributed by atoms with Crippen LogP contribution in [-0.2, 0) is 18.4 Å². The maximum absolute atomic E-state index is 13.5. The van der Waals surface area contributed by atoms with Crippen LogP contribution in [0.5, 0.6) is 0 Å². The summed E-state index contributed by atoms with van der Waals surface area (Å²) in [6, 6.07) is 11.1. The van der Waals surface area contributed by atoms with Crippen LogP contribution in [-0.4, -0.2) is 73.3 Å². The number of halogens is 1. The van der Waals surface area contributed by atoms with Crippen LogP contribution in [0.15, 0.2) is 54.9 Å². The molecule has 0 saturated heterocycles. The Morgan fingerprint density at radius 1 is 1.20 bits per heavy atom. The molecular weight excluding hydrogens is 546 g/mol. The van der Waals surface area contributed by atoms with Crippen LogP contribution in [0.4, 0.5) is 17.6 Å². The molecule has 212 valence electrons. The monoisotopic (exact) mass is 575 g/mol. The second-order valence-corrected chi connectivity index (χ2v) is 10.3. The van der Waals surface area contributed by atoms with Gasteiger partial charge in [0.25, 0.3) is 5.91 Å². The van der Waals surface area contributed by atoms with Gasteiger partial charge in [-0.2, -0.15) is 5.10 Å². The fourth-order valence-corrected chi connectivity index (χ4v) is 4.75. The van der Waals surface area contributed by atoms with E-state index >= 15 is 0 Å². The number of anilines is 3. The molecule has 0 spiro atoms. The Kier molecular flexibility index (Phi) is 7.86. The van der Waals surface area contributed by atoms with Crippen LogP contribution in [0.25, 0.3) is 11.3 Å².